The van der Waals surface area contributed by atoms with E-state index >= 15 is 4.39 Å². The highest BCUT2D eigenvalue weighted by Crippen LogP contribution is 2.47. The van der Waals surface area contributed by atoms with E-state index in [-0.39, 0.29) is 74.5 Å². The fourth-order valence-corrected chi connectivity index (χ4v) is 5.94. The molecule has 2 aromatic heterocycles. The van der Waals surface area contributed by atoms with Gasteiger partial charge in [0.05, 0.1) is 15.8 Å². The van der Waals surface area contributed by atoms with Crippen molar-refractivity contribution in [2.24, 2.45) is 0 Å². The Hall–Kier alpha value is -4.31. The van der Waals surface area contributed by atoms with Crippen molar-refractivity contribution < 1.29 is 26.7 Å². The number of piperazine rings is 1. The Morgan fingerprint density at radius 3 is 2.67 bits per heavy atom. The van der Waals surface area contributed by atoms with Crippen LogP contribution in [-0.2, 0) is 11.0 Å². The number of fused-ring (bicyclic) bond motifs is 2. The molecule has 13 heteroatoms. The van der Waals surface area contributed by atoms with Gasteiger partial charge >= 0.3 is 6.18 Å². The zero-order chi connectivity index (χ0) is 28.2. The van der Waals surface area contributed by atoms with Gasteiger partial charge in [0.15, 0.2) is 5.82 Å². The Morgan fingerprint density at radius 1 is 1.28 bits per heavy atom. The van der Waals surface area contributed by atoms with E-state index in [1.807, 2.05) is 0 Å². The van der Waals surface area contributed by atoms with Crippen LogP contribution in [0.15, 0.2) is 37.2 Å². The predicted octanol–water partition coefficient (Wildman–Crippen LogP) is 5.49. The zero-order valence-electron chi connectivity index (χ0n) is 20.3. The lowest BCUT2D eigenvalue weighted by Crippen LogP contribution is -2.54. The SMILES string of the molecule is C=CC(=O)N1CCN(c2ncnc3c(F)c(-c4ccc(F)c5sc(N)c(C#N)c45)c(C(F)(F)F)cc23)CC1C. The van der Waals surface area contributed by atoms with E-state index in [1.54, 1.807) is 22.8 Å². The van der Waals surface area contributed by atoms with Crippen molar-refractivity contribution in [3.63, 3.8) is 0 Å². The van der Waals surface area contributed by atoms with Gasteiger partial charge in [0.1, 0.15) is 34.5 Å². The third-order valence-electron chi connectivity index (χ3n) is 6.74. The Balaban J connectivity index is 1.76. The number of carbonyl (C=O) groups is 1. The van der Waals surface area contributed by atoms with Crippen molar-refractivity contribution in [1.82, 2.24) is 14.9 Å². The van der Waals surface area contributed by atoms with Crippen molar-refractivity contribution in [2.75, 3.05) is 30.3 Å². The highest BCUT2D eigenvalue weighted by atomic mass is 32.1. The summed E-state index contributed by atoms with van der Waals surface area (Å²) in [5.74, 6) is -2.29. The minimum absolute atomic E-state index is 0.0789. The summed E-state index contributed by atoms with van der Waals surface area (Å²) in [5, 5.41) is 9.12. The molecule has 1 saturated heterocycles. The maximum atomic E-state index is 16.2. The largest absolute Gasteiger partial charge is 0.417 e. The summed E-state index contributed by atoms with van der Waals surface area (Å²) in [6, 6.07) is 4.16. The zero-order valence-corrected chi connectivity index (χ0v) is 21.1. The summed E-state index contributed by atoms with van der Waals surface area (Å²) in [7, 11) is 0. The minimum Gasteiger partial charge on any atom is -0.389 e. The number of anilines is 2. The number of nitriles is 1. The van der Waals surface area contributed by atoms with Crippen molar-refractivity contribution in [1.29, 1.82) is 5.26 Å². The molecule has 0 bridgehead atoms. The van der Waals surface area contributed by atoms with Crippen LogP contribution in [0, 0.1) is 23.0 Å². The van der Waals surface area contributed by atoms with E-state index in [0.29, 0.717) is 11.3 Å². The number of nitrogen functional groups attached to an aromatic ring is 1. The van der Waals surface area contributed by atoms with Crippen LogP contribution in [0.4, 0.5) is 32.8 Å². The molecule has 0 aliphatic carbocycles. The lowest BCUT2D eigenvalue weighted by atomic mass is 9.92. The first-order valence-electron chi connectivity index (χ1n) is 11.6. The van der Waals surface area contributed by atoms with Crippen LogP contribution < -0.4 is 10.6 Å². The minimum atomic E-state index is -5.03. The van der Waals surface area contributed by atoms with E-state index < -0.39 is 28.9 Å². The van der Waals surface area contributed by atoms with Crippen LogP contribution in [0.2, 0.25) is 0 Å². The first-order chi connectivity index (χ1) is 18.5. The molecule has 39 heavy (non-hydrogen) atoms. The molecule has 7 nitrogen and oxygen atoms in total. The van der Waals surface area contributed by atoms with Crippen molar-refractivity contribution >= 4 is 49.1 Å². The molecule has 4 aromatic rings. The Kier molecular flexibility index (Phi) is 6.38. The van der Waals surface area contributed by atoms with Crippen LogP contribution in [0.5, 0.6) is 0 Å². The highest BCUT2D eigenvalue weighted by molar-refractivity contribution is 7.23. The highest BCUT2D eigenvalue weighted by Gasteiger charge is 2.38. The Bertz CT molecular complexity index is 1710. The molecule has 0 saturated carbocycles. The molecule has 3 heterocycles. The second kappa shape index (κ2) is 9.46. The van der Waals surface area contributed by atoms with Gasteiger partial charge in [-0.1, -0.05) is 12.6 Å². The number of hydrogen-bond acceptors (Lipinski definition) is 7. The number of amides is 1. The second-order valence-electron chi connectivity index (χ2n) is 8.99. The summed E-state index contributed by atoms with van der Waals surface area (Å²) < 4.78 is 74.1. The van der Waals surface area contributed by atoms with E-state index in [9.17, 15) is 27.6 Å². The number of halogens is 5. The van der Waals surface area contributed by atoms with E-state index in [1.165, 1.54) is 6.08 Å². The summed E-state index contributed by atoms with van der Waals surface area (Å²) in [5.41, 5.74) is 2.70. The average Bonchev–Trinajstić information content (AvgIpc) is 3.24. The number of thiophene rings is 1. The lowest BCUT2D eigenvalue weighted by Gasteiger charge is -2.40. The smallest absolute Gasteiger partial charge is 0.389 e. The Morgan fingerprint density at radius 2 is 2.03 bits per heavy atom. The first-order valence-corrected chi connectivity index (χ1v) is 12.4. The maximum Gasteiger partial charge on any atom is 0.417 e. The van der Waals surface area contributed by atoms with Gasteiger partial charge in [0.2, 0.25) is 5.91 Å². The normalized spacial score (nSPS) is 16.1. The van der Waals surface area contributed by atoms with Gasteiger partial charge in [-0.15, -0.1) is 11.3 Å². The van der Waals surface area contributed by atoms with Crippen LogP contribution >= 0.6 is 11.3 Å². The quantitative estimate of drug-likeness (QED) is 0.264. The molecular weight excluding hydrogens is 539 g/mol. The second-order valence-corrected chi connectivity index (χ2v) is 10.0. The topological polar surface area (TPSA) is 99.1 Å². The molecule has 2 aromatic carbocycles. The van der Waals surface area contributed by atoms with Crippen LogP contribution in [0.25, 0.3) is 32.1 Å². The molecule has 1 aliphatic heterocycles. The molecule has 1 atom stereocenters. The molecule has 200 valence electrons. The molecule has 0 radical (unpaired) electrons. The standard InChI is InChI=1S/C26H19F5N6OS/c1-3-18(38)37-7-6-36(10-12(37)2)25-14-8-16(26(29,30)31)20(21(28)22(14)34-11-35-25)13-4-5-17(27)23-19(13)15(9-32)24(33)39-23/h3-5,8,11-12H,1,6-7,10,33H2,2H3. The third-order valence-corrected chi connectivity index (χ3v) is 7.76. The van der Waals surface area contributed by atoms with Gasteiger partial charge < -0.3 is 15.5 Å². The number of benzene rings is 2. The number of alkyl halides is 3. The molecule has 1 amide bonds. The van der Waals surface area contributed by atoms with Crippen molar-refractivity contribution in [3.8, 4) is 17.2 Å². The van der Waals surface area contributed by atoms with Crippen LogP contribution in [0.3, 0.4) is 0 Å². The molecule has 1 fully saturated rings. The van der Waals surface area contributed by atoms with Crippen molar-refractivity contribution in [3.05, 3.63) is 59.9 Å². The number of rotatable bonds is 3. The van der Waals surface area contributed by atoms with E-state index in [0.717, 1.165) is 24.5 Å². The van der Waals surface area contributed by atoms with Crippen molar-refractivity contribution in [2.45, 2.75) is 19.1 Å². The van der Waals surface area contributed by atoms with Crippen LogP contribution in [-0.4, -0.2) is 46.5 Å². The first kappa shape index (κ1) is 26.3. The number of hydrogen-bond donors (Lipinski definition) is 1. The molecule has 0 spiro atoms. The lowest BCUT2D eigenvalue weighted by molar-refractivity contribution is -0.137. The van der Waals surface area contributed by atoms with Gasteiger partial charge in [0.25, 0.3) is 0 Å². The number of carbonyl (C=O) groups excluding carboxylic acids is 1. The van der Waals surface area contributed by atoms with E-state index in [4.69, 9.17) is 5.73 Å². The fourth-order valence-electron chi connectivity index (χ4n) is 4.99. The van der Waals surface area contributed by atoms with Gasteiger partial charge in [-0.05, 0) is 30.7 Å². The Labute approximate surface area is 222 Å². The van der Waals surface area contributed by atoms with Crippen LogP contribution in [0.1, 0.15) is 18.1 Å². The monoisotopic (exact) mass is 558 g/mol. The molecular formula is C26H19F5N6OS. The third kappa shape index (κ3) is 4.21. The summed E-state index contributed by atoms with van der Waals surface area (Å²) in [6.07, 6.45) is -2.80. The van der Waals surface area contributed by atoms with E-state index in [2.05, 4.69) is 16.5 Å². The molecule has 1 unspecified atom stereocenters. The summed E-state index contributed by atoms with van der Waals surface area (Å²) >= 11 is 0.697. The molecule has 5 rings (SSSR count). The number of nitrogens with two attached hydrogens (primary N) is 1. The van der Waals surface area contributed by atoms with Gasteiger partial charge in [-0.2, -0.15) is 18.4 Å². The molecule has 1 aliphatic rings. The maximum absolute atomic E-state index is 16.2. The fraction of sp³-hybridized carbons (Fsp3) is 0.231. The molecule has 2 N–H and O–H groups in total. The number of aromatic nitrogens is 2. The predicted molar refractivity (Wildman–Crippen MR) is 138 cm³/mol. The number of nitrogens with zero attached hydrogens (tertiary/aromatic N) is 5. The van der Waals surface area contributed by atoms with Gasteiger partial charge in [-0.25, -0.2) is 18.7 Å². The van der Waals surface area contributed by atoms with Gasteiger partial charge in [-0.3, -0.25) is 4.79 Å². The average molecular weight is 559 g/mol. The van der Waals surface area contributed by atoms with Gasteiger partial charge in [0, 0.05) is 42.0 Å². The summed E-state index contributed by atoms with van der Waals surface area (Å²) in [6.45, 7) is 5.98. The summed E-state index contributed by atoms with van der Waals surface area (Å²) in [4.78, 5) is 23.5.